The minimum Gasteiger partial charge on any atom is -0.535 e. The van der Waals surface area contributed by atoms with E-state index in [1.54, 1.807) is 17.9 Å². The Morgan fingerprint density at radius 1 is 1.60 bits per heavy atom. The van der Waals surface area contributed by atoms with Crippen molar-refractivity contribution in [1.82, 2.24) is 4.98 Å². The zero-order chi connectivity index (χ0) is 7.11. The molecule has 0 amide bonds. The number of hydrogen-bond donors (Lipinski definition) is 0. The first-order chi connectivity index (χ1) is 4.43. The molecule has 0 unspecified atom stereocenters. The molecule has 0 spiro atoms. The first-order valence-corrected chi connectivity index (χ1v) is 3.59. The van der Waals surface area contributed by atoms with Crippen LogP contribution < -0.4 is 0 Å². The zero-order valence-corrected chi connectivity index (χ0v) is 9.65. The second-order valence-corrected chi connectivity index (χ2v) is 1.83. The average molecular weight is 231 g/mol. The Morgan fingerprint density at radius 3 is 2.40 bits per heavy atom. The number of carbonyl (C=O) groups excluding carboxylic acids is 1. The molecule has 1 heterocycles. The minimum atomic E-state index is 0. The van der Waals surface area contributed by atoms with Gasteiger partial charge in [0.05, 0.1) is 0 Å². The van der Waals surface area contributed by atoms with Crippen molar-refractivity contribution in [3.63, 3.8) is 0 Å². The van der Waals surface area contributed by atoms with Crippen LogP contribution in [0, 0.1) is 0 Å². The molecule has 2 nitrogen and oxygen atoms in total. The summed E-state index contributed by atoms with van der Waals surface area (Å²) in [6.45, 7) is 4.00. The van der Waals surface area contributed by atoms with Gasteiger partial charge < -0.3 is 4.79 Å². The van der Waals surface area contributed by atoms with Gasteiger partial charge in [0, 0.05) is 44.3 Å². The van der Waals surface area contributed by atoms with E-state index in [2.05, 4.69) is 4.98 Å². The van der Waals surface area contributed by atoms with Crippen molar-refractivity contribution in [2.75, 3.05) is 0 Å². The summed E-state index contributed by atoms with van der Waals surface area (Å²) >= 11 is 1.29. The van der Waals surface area contributed by atoms with Crippen molar-refractivity contribution in [2.24, 2.45) is 0 Å². The molecule has 0 saturated carbocycles. The van der Waals surface area contributed by atoms with Crippen molar-refractivity contribution in [2.45, 2.75) is 13.8 Å². The van der Waals surface area contributed by atoms with E-state index < -0.39 is 0 Å². The number of hydrogen-bond acceptors (Lipinski definition) is 3. The van der Waals surface area contributed by atoms with Gasteiger partial charge in [-0.05, 0) is 5.01 Å². The van der Waals surface area contributed by atoms with Crippen LogP contribution in [0.5, 0.6) is 0 Å². The minimum absolute atomic E-state index is 0. The summed E-state index contributed by atoms with van der Waals surface area (Å²) in [5, 5.41) is 2.15. The molecule has 0 atom stereocenters. The van der Waals surface area contributed by atoms with Crippen LogP contribution in [-0.4, -0.2) is 11.3 Å². The summed E-state index contributed by atoms with van der Waals surface area (Å²) < 4.78 is 0. The third-order valence-corrected chi connectivity index (χ3v) is 1.19. The zero-order valence-electron chi connectivity index (χ0n) is 6.00. The molecule has 10 heavy (non-hydrogen) atoms. The third-order valence-electron chi connectivity index (χ3n) is 0.520. The average Bonchev–Trinajstić information content (AvgIpc) is 2.43. The molecule has 0 N–H and O–H groups in total. The van der Waals surface area contributed by atoms with E-state index in [4.69, 9.17) is 0 Å². The Bertz CT molecular complexity index is 153. The molecule has 0 saturated heterocycles. The summed E-state index contributed by atoms with van der Waals surface area (Å²) in [4.78, 5) is 13.3. The van der Waals surface area contributed by atoms with Crippen molar-refractivity contribution < 1.29 is 37.5 Å². The molecule has 1 rings (SSSR count). The fraction of sp³-hybridized carbons (Fsp3) is 0.333. The van der Waals surface area contributed by atoms with Gasteiger partial charge in [-0.2, -0.15) is 11.3 Å². The Balaban J connectivity index is 0. The molecular formula is C6H8NOSY-. The molecule has 53 valence electrons. The van der Waals surface area contributed by atoms with Gasteiger partial charge in [-0.25, -0.2) is 6.29 Å². The van der Waals surface area contributed by atoms with Crippen LogP contribution in [-0.2, 0) is 37.5 Å². The predicted octanol–water partition coefficient (Wildman–Crippen LogP) is 1.62. The number of nitrogens with zero attached hydrogens (tertiary/aromatic N) is 1. The monoisotopic (exact) mass is 231 g/mol. The van der Waals surface area contributed by atoms with Crippen molar-refractivity contribution in [3.8, 4) is 0 Å². The predicted molar refractivity (Wildman–Crippen MR) is 38.3 cm³/mol. The van der Waals surface area contributed by atoms with Crippen LogP contribution in [0.2, 0.25) is 0 Å². The molecule has 1 radical (unpaired) electrons. The fourth-order valence-corrected chi connectivity index (χ4v) is 0.694. The van der Waals surface area contributed by atoms with Gasteiger partial charge in [0.15, 0.2) is 0 Å². The van der Waals surface area contributed by atoms with E-state index in [0.29, 0.717) is 5.01 Å². The van der Waals surface area contributed by atoms with Crippen LogP contribution in [0.15, 0.2) is 11.6 Å². The van der Waals surface area contributed by atoms with Crippen molar-refractivity contribution in [3.05, 3.63) is 16.6 Å². The van der Waals surface area contributed by atoms with Gasteiger partial charge in [-0.15, -0.1) is 0 Å². The molecule has 0 aromatic carbocycles. The second kappa shape index (κ2) is 9.40. The Kier molecular flexibility index (Phi) is 12.3. The topological polar surface area (TPSA) is 30.0 Å². The standard InChI is InChI=1S/C4H2NOS.C2H6.Y/c6-3-4-5-1-2-7-4;1-2;/h1-2H;1-2H3;/q-1;;. The van der Waals surface area contributed by atoms with E-state index in [1.807, 2.05) is 13.8 Å². The van der Waals surface area contributed by atoms with Crippen LogP contribution in [0.1, 0.15) is 18.9 Å². The van der Waals surface area contributed by atoms with Crippen LogP contribution in [0.4, 0.5) is 0 Å². The number of rotatable bonds is 1. The van der Waals surface area contributed by atoms with Crippen LogP contribution in [0.25, 0.3) is 0 Å². The Hall–Kier alpha value is 0.404. The van der Waals surface area contributed by atoms with E-state index >= 15 is 0 Å². The summed E-state index contributed by atoms with van der Waals surface area (Å²) in [7, 11) is 0. The van der Waals surface area contributed by atoms with Gasteiger partial charge in [0.1, 0.15) is 0 Å². The molecule has 0 fully saturated rings. The van der Waals surface area contributed by atoms with Crippen LogP contribution in [0.3, 0.4) is 0 Å². The van der Waals surface area contributed by atoms with Gasteiger partial charge in [-0.3, -0.25) is 4.98 Å². The smallest absolute Gasteiger partial charge is 0.0349 e. The Morgan fingerprint density at radius 2 is 2.20 bits per heavy atom. The maximum absolute atomic E-state index is 9.69. The number of aromatic nitrogens is 1. The molecule has 4 heteroatoms. The summed E-state index contributed by atoms with van der Waals surface area (Å²) in [6.07, 6.45) is 3.24. The van der Waals surface area contributed by atoms with Crippen LogP contribution >= 0.6 is 11.3 Å². The maximum atomic E-state index is 9.69. The largest absolute Gasteiger partial charge is 0.535 e. The molecule has 0 aliphatic heterocycles. The van der Waals surface area contributed by atoms with Gasteiger partial charge in [0.2, 0.25) is 0 Å². The summed E-state index contributed by atoms with van der Waals surface area (Å²) in [6, 6.07) is 0. The van der Waals surface area contributed by atoms with E-state index in [9.17, 15) is 4.79 Å². The molecule has 0 bridgehead atoms. The SMILES string of the molecule is CC.O=[C-]c1nccs1.[Y]. The summed E-state index contributed by atoms with van der Waals surface area (Å²) in [5.74, 6) is 0. The van der Waals surface area contributed by atoms with Gasteiger partial charge in [-0.1, -0.05) is 13.8 Å². The normalized spacial score (nSPS) is 6.60. The van der Waals surface area contributed by atoms with Crippen molar-refractivity contribution >= 4 is 17.6 Å². The molecule has 1 aromatic heterocycles. The first kappa shape index (κ1) is 13.0. The second-order valence-electron chi connectivity index (χ2n) is 0.939. The van der Waals surface area contributed by atoms with E-state index in [1.165, 1.54) is 11.3 Å². The van der Waals surface area contributed by atoms with Crippen molar-refractivity contribution in [1.29, 1.82) is 0 Å². The number of thiazole rings is 1. The molecule has 0 aliphatic rings. The van der Waals surface area contributed by atoms with E-state index in [-0.39, 0.29) is 32.7 Å². The van der Waals surface area contributed by atoms with Gasteiger partial charge in [0.25, 0.3) is 0 Å². The third kappa shape index (κ3) is 5.21. The summed E-state index contributed by atoms with van der Waals surface area (Å²) in [5.41, 5.74) is 0. The molecule has 0 aliphatic carbocycles. The first-order valence-electron chi connectivity index (χ1n) is 2.71. The maximum Gasteiger partial charge on any atom is 0.0349 e. The molecule has 1 aromatic rings. The van der Waals surface area contributed by atoms with E-state index in [0.717, 1.165) is 0 Å². The van der Waals surface area contributed by atoms with Gasteiger partial charge >= 0.3 is 0 Å². The Labute approximate surface area is 89.9 Å². The fourth-order valence-electron chi connectivity index (χ4n) is 0.274. The molecular weight excluding hydrogens is 223 g/mol. The quantitative estimate of drug-likeness (QED) is 0.687.